The molecule has 2 aromatic heterocycles. The van der Waals surface area contributed by atoms with Crippen molar-refractivity contribution in [2.45, 2.75) is 6.54 Å². The number of amides is 1. The number of hydrogen-bond donors (Lipinski definition) is 1. The molecular weight excluding hydrogens is 286 g/mol. The Balaban J connectivity index is 1.60. The van der Waals surface area contributed by atoms with E-state index in [4.69, 9.17) is 0 Å². The molecule has 1 amide bonds. The normalized spacial score (nSPS) is 11.0. The Kier molecular flexibility index (Phi) is 3.27. The summed E-state index contributed by atoms with van der Waals surface area (Å²) in [6.07, 6.45) is 3.67. The summed E-state index contributed by atoms with van der Waals surface area (Å²) in [5, 5.41) is 5.11. The Hall–Kier alpha value is -3.14. The topological polar surface area (TPSA) is 46.9 Å². The zero-order valence-corrected chi connectivity index (χ0v) is 12.4. The smallest absolute Gasteiger partial charge is 0.244 e. The fourth-order valence-corrected chi connectivity index (χ4v) is 2.83. The van der Waals surface area contributed by atoms with Crippen LogP contribution in [0.4, 0.5) is 5.69 Å². The molecule has 0 bridgehead atoms. The van der Waals surface area contributed by atoms with Gasteiger partial charge in [-0.3, -0.25) is 9.78 Å². The van der Waals surface area contributed by atoms with Gasteiger partial charge in [-0.05, 0) is 29.7 Å². The van der Waals surface area contributed by atoms with Crippen molar-refractivity contribution in [3.63, 3.8) is 0 Å². The fourth-order valence-electron chi connectivity index (χ4n) is 2.83. The summed E-state index contributed by atoms with van der Waals surface area (Å²) in [5.41, 5.74) is 2.60. The molecule has 2 aromatic carbocycles. The number of carbonyl (C=O) groups excluding carboxylic acids is 1. The third kappa shape index (κ3) is 2.55. The number of nitrogens with zero attached hydrogens (tertiary/aromatic N) is 2. The van der Waals surface area contributed by atoms with Gasteiger partial charge in [-0.15, -0.1) is 0 Å². The lowest BCUT2D eigenvalue weighted by molar-refractivity contribution is -0.116. The van der Waals surface area contributed by atoms with Crippen molar-refractivity contribution in [1.29, 1.82) is 0 Å². The maximum Gasteiger partial charge on any atom is 0.244 e. The Labute approximate surface area is 133 Å². The summed E-state index contributed by atoms with van der Waals surface area (Å²) in [6.45, 7) is 0.275. The van der Waals surface area contributed by atoms with Gasteiger partial charge in [-0.25, -0.2) is 0 Å². The third-order valence-electron chi connectivity index (χ3n) is 3.90. The molecular formula is C19H15N3O. The van der Waals surface area contributed by atoms with E-state index in [-0.39, 0.29) is 12.5 Å². The highest BCUT2D eigenvalue weighted by Crippen LogP contribution is 2.21. The molecule has 1 N–H and O–H groups in total. The first kappa shape index (κ1) is 13.5. The van der Waals surface area contributed by atoms with E-state index >= 15 is 0 Å². The lowest BCUT2D eigenvalue weighted by Crippen LogP contribution is -2.18. The van der Waals surface area contributed by atoms with Crippen LogP contribution in [0.5, 0.6) is 0 Å². The van der Waals surface area contributed by atoms with Gasteiger partial charge in [0.1, 0.15) is 6.54 Å². The van der Waals surface area contributed by atoms with E-state index < -0.39 is 0 Å². The van der Waals surface area contributed by atoms with Gasteiger partial charge in [0.2, 0.25) is 5.91 Å². The number of fused-ring (bicyclic) bond motifs is 2. The predicted molar refractivity (Wildman–Crippen MR) is 92.3 cm³/mol. The zero-order chi connectivity index (χ0) is 15.6. The van der Waals surface area contributed by atoms with Crippen LogP contribution in [0, 0.1) is 0 Å². The van der Waals surface area contributed by atoms with Gasteiger partial charge < -0.3 is 9.88 Å². The van der Waals surface area contributed by atoms with Gasteiger partial charge >= 0.3 is 0 Å². The molecule has 0 atom stereocenters. The van der Waals surface area contributed by atoms with Crippen molar-refractivity contribution >= 4 is 33.4 Å². The van der Waals surface area contributed by atoms with Crippen LogP contribution < -0.4 is 5.32 Å². The van der Waals surface area contributed by atoms with Crippen molar-refractivity contribution in [3.8, 4) is 0 Å². The largest absolute Gasteiger partial charge is 0.338 e. The second-order valence-electron chi connectivity index (χ2n) is 5.43. The molecule has 0 unspecified atom stereocenters. The van der Waals surface area contributed by atoms with Crippen LogP contribution in [0.2, 0.25) is 0 Å². The van der Waals surface area contributed by atoms with E-state index in [1.165, 1.54) is 0 Å². The van der Waals surface area contributed by atoms with Crippen LogP contribution >= 0.6 is 0 Å². The van der Waals surface area contributed by atoms with Crippen molar-refractivity contribution in [2.24, 2.45) is 0 Å². The molecule has 2 heterocycles. The standard InChI is InChI=1S/C19H15N3O/c23-18(13-22-12-10-14-5-1-2-9-17(14)22)21-16-8-3-6-15-7-4-11-20-19(15)16/h1-12H,13H2,(H,21,23). The molecule has 4 nitrogen and oxygen atoms in total. The lowest BCUT2D eigenvalue weighted by atomic mass is 10.2. The van der Waals surface area contributed by atoms with Crippen LogP contribution in [0.15, 0.2) is 73.1 Å². The molecule has 4 heteroatoms. The molecule has 0 saturated carbocycles. The minimum Gasteiger partial charge on any atom is -0.338 e. The molecule has 0 aliphatic rings. The molecule has 0 aliphatic carbocycles. The second kappa shape index (κ2) is 5.57. The number of carbonyl (C=O) groups is 1. The quantitative estimate of drug-likeness (QED) is 0.625. The summed E-state index contributed by atoms with van der Waals surface area (Å²) in [5.74, 6) is -0.0653. The Morgan fingerprint density at radius 2 is 1.78 bits per heavy atom. The van der Waals surface area contributed by atoms with Crippen molar-refractivity contribution in [2.75, 3.05) is 5.32 Å². The van der Waals surface area contributed by atoms with Gasteiger partial charge in [-0.1, -0.05) is 36.4 Å². The first-order valence-corrected chi connectivity index (χ1v) is 7.49. The number of rotatable bonds is 3. The number of para-hydroxylation sites is 2. The number of nitrogens with one attached hydrogen (secondary N) is 1. The molecule has 0 saturated heterocycles. The Morgan fingerprint density at radius 1 is 0.957 bits per heavy atom. The molecule has 4 aromatic rings. The van der Waals surface area contributed by atoms with Crippen LogP contribution in [-0.4, -0.2) is 15.5 Å². The lowest BCUT2D eigenvalue weighted by Gasteiger charge is -2.09. The molecule has 0 aliphatic heterocycles. The summed E-state index contributed by atoms with van der Waals surface area (Å²) in [6, 6.07) is 19.7. The van der Waals surface area contributed by atoms with E-state index in [0.29, 0.717) is 0 Å². The Morgan fingerprint density at radius 3 is 2.74 bits per heavy atom. The van der Waals surface area contributed by atoms with Gasteiger partial charge in [0.25, 0.3) is 0 Å². The van der Waals surface area contributed by atoms with Gasteiger partial charge in [0.05, 0.1) is 11.2 Å². The fraction of sp³-hybridized carbons (Fsp3) is 0.0526. The third-order valence-corrected chi connectivity index (χ3v) is 3.90. The highest BCUT2D eigenvalue weighted by atomic mass is 16.1. The maximum atomic E-state index is 12.4. The second-order valence-corrected chi connectivity index (χ2v) is 5.43. The van der Waals surface area contributed by atoms with E-state index in [0.717, 1.165) is 27.5 Å². The molecule has 23 heavy (non-hydrogen) atoms. The minimum absolute atomic E-state index is 0.0653. The number of anilines is 1. The molecule has 4 rings (SSSR count). The van der Waals surface area contributed by atoms with Gasteiger partial charge in [0.15, 0.2) is 0 Å². The van der Waals surface area contributed by atoms with Crippen LogP contribution in [0.3, 0.4) is 0 Å². The van der Waals surface area contributed by atoms with Crippen LogP contribution in [0.25, 0.3) is 21.8 Å². The Bertz CT molecular complexity index is 998. The van der Waals surface area contributed by atoms with Crippen LogP contribution in [-0.2, 0) is 11.3 Å². The van der Waals surface area contributed by atoms with E-state index in [1.807, 2.05) is 71.4 Å². The van der Waals surface area contributed by atoms with Gasteiger partial charge in [-0.2, -0.15) is 0 Å². The molecule has 0 spiro atoms. The molecule has 0 radical (unpaired) electrons. The van der Waals surface area contributed by atoms with Gasteiger partial charge in [0, 0.05) is 23.3 Å². The predicted octanol–water partition coefficient (Wildman–Crippen LogP) is 3.83. The van der Waals surface area contributed by atoms with Crippen molar-refractivity contribution < 1.29 is 4.79 Å². The minimum atomic E-state index is -0.0653. The van der Waals surface area contributed by atoms with E-state index in [2.05, 4.69) is 10.3 Å². The summed E-state index contributed by atoms with van der Waals surface area (Å²) < 4.78 is 1.95. The van der Waals surface area contributed by atoms with E-state index in [9.17, 15) is 4.79 Å². The first-order valence-electron chi connectivity index (χ1n) is 7.49. The highest BCUT2D eigenvalue weighted by Gasteiger charge is 2.08. The summed E-state index contributed by atoms with van der Waals surface area (Å²) >= 11 is 0. The zero-order valence-electron chi connectivity index (χ0n) is 12.4. The van der Waals surface area contributed by atoms with E-state index in [1.54, 1.807) is 6.20 Å². The summed E-state index contributed by atoms with van der Waals surface area (Å²) in [4.78, 5) is 16.8. The molecule has 112 valence electrons. The number of pyridine rings is 1. The number of hydrogen-bond acceptors (Lipinski definition) is 2. The monoisotopic (exact) mass is 301 g/mol. The molecule has 0 fully saturated rings. The van der Waals surface area contributed by atoms with Crippen molar-refractivity contribution in [1.82, 2.24) is 9.55 Å². The number of aromatic nitrogens is 2. The average molecular weight is 301 g/mol. The van der Waals surface area contributed by atoms with Crippen molar-refractivity contribution in [3.05, 3.63) is 73.1 Å². The first-order chi connectivity index (χ1) is 11.3. The van der Waals surface area contributed by atoms with Crippen LogP contribution in [0.1, 0.15) is 0 Å². The SMILES string of the molecule is O=C(Cn1ccc2ccccc21)Nc1cccc2cccnc12. The number of benzene rings is 2. The average Bonchev–Trinajstić information content (AvgIpc) is 2.98. The summed E-state index contributed by atoms with van der Waals surface area (Å²) in [7, 11) is 0. The highest BCUT2D eigenvalue weighted by molar-refractivity contribution is 6.00. The maximum absolute atomic E-state index is 12.4.